The Morgan fingerprint density at radius 3 is 1.18 bits per heavy atom. The van der Waals surface area contributed by atoms with Gasteiger partial charge in [-0.05, 0) is 110 Å². The van der Waals surface area contributed by atoms with Crippen LogP contribution in [0.5, 0.6) is 0 Å². The van der Waals surface area contributed by atoms with E-state index < -0.39 is 0 Å². The third kappa shape index (κ3) is 17.1. The molecule has 4 aromatic rings. The van der Waals surface area contributed by atoms with Crippen LogP contribution in [0.1, 0.15) is 62.6 Å². The normalized spacial score (nSPS) is 14.9. The maximum absolute atomic E-state index is 10.7. The Balaban J connectivity index is 0.000000851. The van der Waals surface area contributed by atoms with Gasteiger partial charge in [-0.3, -0.25) is 4.79 Å². The molecule has 7 rings (SSSR count). The summed E-state index contributed by atoms with van der Waals surface area (Å²) in [6, 6.07) is 33.2. The molecule has 1 atom stereocenters. The van der Waals surface area contributed by atoms with Crippen molar-refractivity contribution in [2.45, 2.75) is 46.6 Å². The number of carbonyl (C=O) groups is 1. The molecule has 0 aromatic heterocycles. The first kappa shape index (κ1) is 52.8. The van der Waals surface area contributed by atoms with Crippen molar-refractivity contribution < 1.29 is 31.6 Å². The summed E-state index contributed by atoms with van der Waals surface area (Å²) in [7, 11) is 0. The number of nitrogens with zero attached hydrogens (tertiary/aromatic N) is 4. The number of ether oxygens (including phenoxy) is 1. The molecule has 3 fully saturated rings. The van der Waals surface area contributed by atoms with Crippen LogP contribution in [0.4, 0.5) is 22.7 Å². The fourth-order valence-electron chi connectivity index (χ4n) is 6.17. The molecule has 0 aliphatic carbocycles. The number of piperazine rings is 2. The minimum atomic E-state index is -0.349. The number of hydrogen-bond acceptors (Lipinski definition) is 8. The third-order valence-electron chi connectivity index (χ3n) is 9.19. The van der Waals surface area contributed by atoms with Crippen molar-refractivity contribution >= 4 is 83.9 Å². The summed E-state index contributed by atoms with van der Waals surface area (Å²) < 4.78 is 7.18. The van der Waals surface area contributed by atoms with Gasteiger partial charge in [0.25, 0.3) is 0 Å². The first-order valence-corrected chi connectivity index (χ1v) is 19.6. The molecule has 3 saturated heterocycles. The quantitative estimate of drug-likeness (QED) is 0.118. The molecule has 0 bridgehead atoms. The van der Waals surface area contributed by atoms with Crippen LogP contribution in [-0.2, 0) is 4.74 Å². The largest absolute Gasteiger partial charge is 2.00 e. The van der Waals surface area contributed by atoms with Crippen molar-refractivity contribution in [3.8, 4) is 0 Å². The number of carbonyl (C=O) groups excluding carboxylic acids is 1. The maximum Gasteiger partial charge on any atom is 2.00 e. The van der Waals surface area contributed by atoms with Crippen molar-refractivity contribution in [2.75, 3.05) is 85.2 Å². The van der Waals surface area contributed by atoms with Crippen LogP contribution in [-0.4, -0.2) is 100 Å². The number of anilines is 4. The van der Waals surface area contributed by atoms with Crippen LogP contribution >= 0.6 is 31.9 Å². The van der Waals surface area contributed by atoms with Gasteiger partial charge in [-0.25, -0.2) is 0 Å². The zero-order valence-corrected chi connectivity index (χ0v) is 38.1. The van der Waals surface area contributed by atoms with E-state index in [1.165, 1.54) is 35.6 Å². The number of halogens is 3. The zero-order valence-electron chi connectivity index (χ0n) is 31.9. The minimum Gasteiger partial charge on any atom is -1.00 e. The third-order valence-corrected chi connectivity index (χ3v) is 10.3. The van der Waals surface area contributed by atoms with Crippen molar-refractivity contribution in [2.24, 2.45) is 0 Å². The number of aliphatic hydroxyl groups excluding tert-OH is 1. The molecule has 8 nitrogen and oxygen atoms in total. The molecule has 4 N–H and O–H groups in total. The van der Waals surface area contributed by atoms with Crippen LogP contribution in [0, 0.1) is 6.92 Å². The molecule has 0 amide bonds. The van der Waals surface area contributed by atoms with E-state index in [1.54, 1.807) is 6.92 Å². The summed E-state index contributed by atoms with van der Waals surface area (Å²) in [6.45, 7) is 17.1. The first-order valence-electron chi connectivity index (χ1n) is 18.1. The molecule has 3 aliphatic heterocycles. The Labute approximate surface area is 374 Å². The van der Waals surface area contributed by atoms with Gasteiger partial charge in [-0.1, -0.05) is 58.3 Å². The second-order valence-corrected chi connectivity index (χ2v) is 14.3. The smallest absolute Gasteiger partial charge is 1.00 e. The summed E-state index contributed by atoms with van der Waals surface area (Å²) in [5.41, 5.74) is 6.73. The Hall–Kier alpha value is -2.16. The van der Waals surface area contributed by atoms with E-state index in [1.807, 2.05) is 43.3 Å². The van der Waals surface area contributed by atoms with E-state index >= 15 is 0 Å². The molecule has 0 saturated carbocycles. The van der Waals surface area contributed by atoms with E-state index in [9.17, 15) is 9.90 Å². The number of aliphatic hydroxyl groups is 1. The van der Waals surface area contributed by atoms with Crippen LogP contribution in [0.2, 0.25) is 0 Å². The van der Waals surface area contributed by atoms with Gasteiger partial charge in [-0.2, -0.15) is 6.92 Å². The predicted molar refractivity (Wildman–Crippen MR) is 239 cm³/mol. The van der Waals surface area contributed by atoms with Gasteiger partial charge in [-0.15, -0.1) is 0 Å². The molecular weight excluding hydrogens is 899 g/mol. The molecular formula is C43H60Br3MgN5O3. The topological polar surface area (TPSA) is 94.5 Å². The van der Waals surface area contributed by atoms with Crippen molar-refractivity contribution in [1.82, 2.24) is 6.15 Å². The second-order valence-electron chi connectivity index (χ2n) is 12.4. The van der Waals surface area contributed by atoms with Gasteiger partial charge in [0.2, 0.25) is 0 Å². The first-order chi connectivity index (χ1) is 24.9. The van der Waals surface area contributed by atoms with Gasteiger partial charge < -0.3 is 59.5 Å². The average molecular weight is 959 g/mol. The molecule has 1 unspecified atom stereocenters. The summed E-state index contributed by atoms with van der Waals surface area (Å²) in [5, 5.41) is 9.89. The minimum absolute atomic E-state index is 0. The van der Waals surface area contributed by atoms with Gasteiger partial charge in [0.05, 0.1) is 6.10 Å². The molecule has 0 radical (unpaired) electrons. The van der Waals surface area contributed by atoms with E-state index in [2.05, 4.69) is 119 Å². The molecule has 4 aromatic carbocycles. The maximum atomic E-state index is 10.7. The monoisotopic (exact) mass is 955 g/mol. The summed E-state index contributed by atoms with van der Waals surface area (Å²) in [6.07, 6.45) is 3.85. The number of hydrogen-bond donors (Lipinski definition) is 2. The van der Waals surface area contributed by atoms with E-state index in [-0.39, 0.29) is 59.7 Å². The summed E-state index contributed by atoms with van der Waals surface area (Å²) in [4.78, 5) is 20.3. The van der Waals surface area contributed by atoms with E-state index in [0.29, 0.717) is 0 Å². The second kappa shape index (κ2) is 29.1. The molecule has 0 spiro atoms. The standard InChI is InChI=1S/C19H23BrN2O.C17H17BrN2O.C4H8O.C2H5.CH4.BrH.Mg.H3N/c1-2-19(23)15-3-7-17(8-4-15)21-11-13-22(14-12-21)18-9-5-16(20)6-10-18;18-15-3-7-17(8-4-15)20-11-9-19(10-12-20)16-5-1-14(13-21)2-6-16;1-2-4-5-3-1;1-2;;;;/h3-10,19,23H,2,11-14H2,1H3;1-8,13H,9-12H2;1-4H2;1H2,2H3;1H4;1H;;1H3/q;;;-1;;;+2;/p-1. The number of benzene rings is 4. The fraction of sp³-hybridized carbons (Fsp3) is 0.395. The van der Waals surface area contributed by atoms with E-state index in [4.69, 9.17) is 4.74 Å². The van der Waals surface area contributed by atoms with Crippen LogP contribution in [0.3, 0.4) is 0 Å². The van der Waals surface area contributed by atoms with Gasteiger partial charge in [0, 0.05) is 103 Å². The van der Waals surface area contributed by atoms with Gasteiger partial charge >= 0.3 is 23.1 Å². The Bertz CT molecular complexity index is 1540. The Morgan fingerprint density at radius 2 is 0.927 bits per heavy atom. The SMILES string of the molecule is C.C1CCOC1.CCC(O)c1ccc(N2CCN(c3ccc(Br)cc3)CC2)cc1.N.O=Cc1ccc(N2CCN(c3ccc(Br)cc3)CC2)cc1.[Br-].[CH2-]C.[Mg+2]. The number of rotatable bonds is 7. The van der Waals surface area contributed by atoms with Crippen molar-refractivity contribution in [1.29, 1.82) is 0 Å². The van der Waals surface area contributed by atoms with Crippen molar-refractivity contribution in [3.05, 3.63) is 124 Å². The Kier molecular flexibility index (Phi) is 28.0. The molecule has 12 heteroatoms. The molecule has 3 heterocycles. The molecule has 298 valence electrons. The summed E-state index contributed by atoms with van der Waals surface area (Å²) in [5.74, 6) is 0. The average Bonchev–Trinajstić information content (AvgIpc) is 3.81. The van der Waals surface area contributed by atoms with Gasteiger partial charge in [0.1, 0.15) is 6.29 Å². The predicted octanol–water partition coefficient (Wildman–Crippen LogP) is 6.87. The molecule has 3 aliphatic rings. The Morgan fingerprint density at radius 1 is 0.636 bits per heavy atom. The fourth-order valence-corrected chi connectivity index (χ4v) is 6.70. The zero-order chi connectivity index (χ0) is 36.4. The van der Waals surface area contributed by atoms with E-state index in [0.717, 1.165) is 98.4 Å². The van der Waals surface area contributed by atoms with Crippen molar-refractivity contribution in [3.63, 3.8) is 0 Å². The van der Waals surface area contributed by atoms with Crippen LogP contribution < -0.4 is 42.7 Å². The van der Waals surface area contributed by atoms with Gasteiger partial charge in [0.15, 0.2) is 0 Å². The number of aldehydes is 1. The summed E-state index contributed by atoms with van der Waals surface area (Å²) >= 11 is 6.96. The molecule has 55 heavy (non-hydrogen) atoms. The van der Waals surface area contributed by atoms with Crippen LogP contribution in [0.25, 0.3) is 0 Å². The van der Waals surface area contributed by atoms with Crippen LogP contribution in [0.15, 0.2) is 106 Å².